The van der Waals surface area contributed by atoms with Crippen molar-refractivity contribution in [3.8, 4) is 11.5 Å². The van der Waals surface area contributed by atoms with Gasteiger partial charge >= 0.3 is 0 Å². The van der Waals surface area contributed by atoms with Crippen molar-refractivity contribution < 1.29 is 13.5 Å². The zero-order valence-corrected chi connectivity index (χ0v) is 11.4. The summed E-state index contributed by atoms with van der Waals surface area (Å²) in [5.41, 5.74) is 0.799. The van der Waals surface area contributed by atoms with E-state index in [2.05, 4.69) is 10.3 Å². The van der Waals surface area contributed by atoms with Gasteiger partial charge in [-0.15, -0.1) is 0 Å². The van der Waals surface area contributed by atoms with E-state index in [-0.39, 0.29) is 5.75 Å². The normalized spacial score (nSPS) is 10.8. The third-order valence-electron chi connectivity index (χ3n) is 2.55. The van der Waals surface area contributed by atoms with Crippen LogP contribution in [0, 0.1) is 11.6 Å². The molecule has 1 aromatic heterocycles. The average Bonchev–Trinajstić information content (AvgIpc) is 2.35. The number of halogens is 2. The number of benzene rings is 1. The van der Waals surface area contributed by atoms with Gasteiger partial charge in [0.2, 0.25) is 0 Å². The first-order chi connectivity index (χ1) is 9.52. The fourth-order valence-corrected chi connectivity index (χ4v) is 1.65. The summed E-state index contributed by atoms with van der Waals surface area (Å²) in [5.74, 6) is -0.728. The molecule has 2 aromatic rings. The Bertz CT molecular complexity index is 568. The Morgan fingerprint density at radius 1 is 1.10 bits per heavy atom. The van der Waals surface area contributed by atoms with E-state index in [4.69, 9.17) is 4.74 Å². The predicted octanol–water partition coefficient (Wildman–Crippen LogP) is 3.65. The number of hydrogen-bond acceptors (Lipinski definition) is 3. The van der Waals surface area contributed by atoms with Gasteiger partial charge in [0.05, 0.1) is 5.69 Å². The Morgan fingerprint density at radius 2 is 1.80 bits per heavy atom. The number of hydrogen-bond donors (Lipinski definition) is 1. The quantitative estimate of drug-likeness (QED) is 0.906. The second kappa shape index (κ2) is 6.43. The molecule has 3 nitrogen and oxygen atoms in total. The number of ether oxygens (including phenoxy) is 1. The van der Waals surface area contributed by atoms with Crippen LogP contribution in [0.5, 0.6) is 11.5 Å². The van der Waals surface area contributed by atoms with Gasteiger partial charge in [0.15, 0.2) is 0 Å². The molecule has 0 radical (unpaired) electrons. The summed E-state index contributed by atoms with van der Waals surface area (Å²) >= 11 is 0. The molecule has 0 amide bonds. The van der Waals surface area contributed by atoms with Crippen LogP contribution in [-0.2, 0) is 6.54 Å². The molecule has 1 N–H and O–H groups in total. The van der Waals surface area contributed by atoms with Gasteiger partial charge in [-0.25, -0.2) is 8.78 Å². The van der Waals surface area contributed by atoms with Gasteiger partial charge in [-0.2, -0.15) is 0 Å². The highest BCUT2D eigenvalue weighted by Crippen LogP contribution is 2.23. The first-order valence-corrected chi connectivity index (χ1v) is 6.35. The summed E-state index contributed by atoms with van der Waals surface area (Å²) in [6, 6.07) is 6.79. The monoisotopic (exact) mass is 278 g/mol. The molecule has 5 heteroatoms. The second-order valence-corrected chi connectivity index (χ2v) is 4.73. The van der Waals surface area contributed by atoms with Gasteiger partial charge in [-0.05, 0) is 6.07 Å². The Morgan fingerprint density at radius 3 is 2.45 bits per heavy atom. The van der Waals surface area contributed by atoms with Gasteiger partial charge in [0, 0.05) is 43.0 Å². The third-order valence-corrected chi connectivity index (χ3v) is 2.55. The highest BCUT2D eigenvalue weighted by molar-refractivity contribution is 5.32. The van der Waals surface area contributed by atoms with Gasteiger partial charge in [-0.1, -0.05) is 13.8 Å². The lowest BCUT2D eigenvalue weighted by atomic mass is 10.3. The predicted molar refractivity (Wildman–Crippen MR) is 72.6 cm³/mol. The number of rotatable bonds is 5. The average molecular weight is 278 g/mol. The number of pyridine rings is 1. The molecule has 1 aromatic carbocycles. The highest BCUT2D eigenvalue weighted by atomic mass is 19.1. The maximum atomic E-state index is 13.1. The number of aromatic nitrogens is 1. The molecule has 0 fully saturated rings. The van der Waals surface area contributed by atoms with Crippen molar-refractivity contribution in [2.75, 3.05) is 0 Å². The Balaban J connectivity index is 2.11. The van der Waals surface area contributed by atoms with E-state index in [1.807, 2.05) is 13.8 Å². The van der Waals surface area contributed by atoms with Gasteiger partial charge in [-0.3, -0.25) is 4.98 Å². The zero-order valence-electron chi connectivity index (χ0n) is 11.4. The van der Waals surface area contributed by atoms with Gasteiger partial charge < -0.3 is 10.1 Å². The molecule has 1 heterocycles. The van der Waals surface area contributed by atoms with Crippen LogP contribution in [0.3, 0.4) is 0 Å². The summed E-state index contributed by atoms with van der Waals surface area (Å²) in [6.45, 7) is 4.68. The van der Waals surface area contributed by atoms with Crippen molar-refractivity contribution in [1.29, 1.82) is 0 Å². The first-order valence-electron chi connectivity index (χ1n) is 6.35. The van der Waals surface area contributed by atoms with E-state index < -0.39 is 11.6 Å². The largest absolute Gasteiger partial charge is 0.457 e. The third kappa shape index (κ3) is 4.28. The van der Waals surface area contributed by atoms with Crippen molar-refractivity contribution in [3.63, 3.8) is 0 Å². The Labute approximate surface area is 116 Å². The van der Waals surface area contributed by atoms with E-state index in [0.717, 1.165) is 23.9 Å². The summed E-state index contributed by atoms with van der Waals surface area (Å²) in [7, 11) is 0. The molecule has 0 aliphatic carbocycles. The van der Waals surface area contributed by atoms with E-state index >= 15 is 0 Å². The molecule has 0 atom stereocenters. The summed E-state index contributed by atoms with van der Waals surface area (Å²) in [5, 5.41) is 3.23. The molecule has 0 saturated heterocycles. The maximum Gasteiger partial charge on any atom is 0.133 e. The molecule has 0 aliphatic heterocycles. The first kappa shape index (κ1) is 14.4. The molecule has 2 rings (SSSR count). The Kier molecular flexibility index (Phi) is 4.63. The fraction of sp³-hybridized carbons (Fsp3) is 0.267. The maximum absolute atomic E-state index is 13.1. The molecule has 106 valence electrons. The zero-order chi connectivity index (χ0) is 14.5. The molecule has 0 spiro atoms. The summed E-state index contributed by atoms with van der Waals surface area (Å²) in [6.07, 6.45) is 1.60. The lowest BCUT2D eigenvalue weighted by molar-refractivity contribution is 0.466. The molecular formula is C15H16F2N2O. The number of nitrogens with one attached hydrogen (secondary N) is 1. The van der Waals surface area contributed by atoms with E-state index in [1.165, 1.54) is 0 Å². The van der Waals surface area contributed by atoms with Crippen molar-refractivity contribution in [3.05, 3.63) is 53.9 Å². The molecule has 0 aliphatic rings. The van der Waals surface area contributed by atoms with Crippen molar-refractivity contribution >= 4 is 0 Å². The minimum absolute atomic E-state index is 0.122. The SMILES string of the molecule is CC(C)NCc1cc(Oc2cc(F)cc(F)c2)ccn1. The van der Waals surface area contributed by atoms with Gasteiger partial charge in [0.25, 0.3) is 0 Å². The fourth-order valence-electron chi connectivity index (χ4n) is 1.65. The molecule has 0 bridgehead atoms. The van der Waals surface area contributed by atoms with E-state index in [1.54, 1.807) is 18.3 Å². The second-order valence-electron chi connectivity index (χ2n) is 4.73. The van der Waals surface area contributed by atoms with E-state index in [0.29, 0.717) is 18.3 Å². The van der Waals surface area contributed by atoms with Crippen molar-refractivity contribution in [1.82, 2.24) is 10.3 Å². The van der Waals surface area contributed by atoms with Crippen molar-refractivity contribution in [2.24, 2.45) is 0 Å². The highest BCUT2D eigenvalue weighted by Gasteiger charge is 2.04. The lowest BCUT2D eigenvalue weighted by Gasteiger charge is -2.10. The summed E-state index contributed by atoms with van der Waals surface area (Å²) in [4.78, 5) is 4.20. The lowest BCUT2D eigenvalue weighted by Crippen LogP contribution is -2.22. The van der Waals surface area contributed by atoms with Crippen LogP contribution in [0.2, 0.25) is 0 Å². The molecule has 0 unspecified atom stereocenters. The standard InChI is InChI=1S/C15H16F2N2O/c1-10(2)19-9-13-8-14(3-4-18-13)20-15-6-11(16)5-12(17)7-15/h3-8,10,19H,9H2,1-2H3. The molecule has 0 saturated carbocycles. The minimum atomic E-state index is -0.671. The van der Waals surface area contributed by atoms with E-state index in [9.17, 15) is 8.78 Å². The van der Waals surface area contributed by atoms with Crippen LogP contribution in [0.1, 0.15) is 19.5 Å². The van der Waals surface area contributed by atoms with Gasteiger partial charge in [0.1, 0.15) is 23.1 Å². The molecule has 20 heavy (non-hydrogen) atoms. The number of nitrogens with zero attached hydrogens (tertiary/aromatic N) is 1. The van der Waals surface area contributed by atoms with Crippen LogP contribution >= 0.6 is 0 Å². The van der Waals surface area contributed by atoms with Crippen LogP contribution in [0.25, 0.3) is 0 Å². The van der Waals surface area contributed by atoms with Crippen molar-refractivity contribution in [2.45, 2.75) is 26.4 Å². The minimum Gasteiger partial charge on any atom is -0.457 e. The summed E-state index contributed by atoms with van der Waals surface area (Å²) < 4.78 is 31.6. The Hall–Kier alpha value is -2.01. The van der Waals surface area contributed by atoms with Crippen LogP contribution in [0.4, 0.5) is 8.78 Å². The van der Waals surface area contributed by atoms with Crippen LogP contribution < -0.4 is 10.1 Å². The molecular weight excluding hydrogens is 262 g/mol. The van der Waals surface area contributed by atoms with Crippen LogP contribution in [-0.4, -0.2) is 11.0 Å². The van der Waals surface area contributed by atoms with Crippen LogP contribution in [0.15, 0.2) is 36.5 Å². The smallest absolute Gasteiger partial charge is 0.133 e. The topological polar surface area (TPSA) is 34.1 Å².